The van der Waals surface area contributed by atoms with E-state index in [1.165, 1.54) is 30.3 Å². The Bertz CT molecular complexity index is 1120. The van der Waals surface area contributed by atoms with E-state index in [0.29, 0.717) is 9.81 Å². The summed E-state index contributed by atoms with van der Waals surface area (Å²) in [7, 11) is 1.25. The van der Waals surface area contributed by atoms with Crippen LogP contribution in [0.15, 0.2) is 32.1 Å². The molecular weight excluding hydrogens is 505 g/mol. The predicted octanol–water partition coefficient (Wildman–Crippen LogP) is -4.38. The molecule has 1 aromatic rings. The van der Waals surface area contributed by atoms with Gasteiger partial charge in [0, 0.05) is 27.0 Å². The van der Waals surface area contributed by atoms with Crippen molar-refractivity contribution in [2.75, 3.05) is 25.2 Å². The molecule has 1 fully saturated rings. The number of oxime groups is 1. The Kier molecular flexibility index (Phi) is 8.13. The van der Waals surface area contributed by atoms with Crippen molar-refractivity contribution in [2.45, 2.75) is 11.4 Å². The summed E-state index contributed by atoms with van der Waals surface area (Å²) in [5, 5.41) is 19.1. The molecule has 2 amide bonds. The summed E-state index contributed by atoms with van der Waals surface area (Å²) >= 11 is 3.43. The molecule has 3 aliphatic rings. The molecule has 12 nitrogen and oxygen atoms in total. The first-order valence-electron chi connectivity index (χ1n) is 8.88. The number of thioether (sulfide) groups is 2. The molecule has 2 atom stereocenters. The first kappa shape index (κ1) is 25.6. The number of aliphatic carboxylic acids is 1. The number of nitrogens with zero attached hydrogens (tertiary/aromatic N) is 3. The number of hydrogen-bond donors (Lipinski definition) is 2. The van der Waals surface area contributed by atoms with Crippen LogP contribution in [0.1, 0.15) is 5.69 Å². The van der Waals surface area contributed by atoms with Crippen LogP contribution in [0.25, 0.3) is 0 Å². The molecule has 0 spiro atoms. The minimum absolute atomic E-state index is 0. The zero-order valence-corrected chi connectivity index (χ0v) is 21.7. The van der Waals surface area contributed by atoms with E-state index in [2.05, 4.69) is 15.5 Å². The Morgan fingerprint density at radius 3 is 2.79 bits per heavy atom. The topological polar surface area (TPSA) is 176 Å². The van der Waals surface area contributed by atoms with Gasteiger partial charge in [-0.1, -0.05) is 16.9 Å². The summed E-state index contributed by atoms with van der Waals surface area (Å²) in [5.41, 5.74) is 5.33. The molecule has 0 radical (unpaired) electrons. The Labute approximate surface area is 221 Å². The number of hydrogen-bond acceptors (Lipinski definition) is 13. The van der Waals surface area contributed by atoms with Gasteiger partial charge >= 0.3 is 35.5 Å². The number of cyclic esters (lactones) is 1. The number of ether oxygens (including phenoxy) is 1. The third kappa shape index (κ3) is 5.07. The summed E-state index contributed by atoms with van der Waals surface area (Å²) in [4.78, 5) is 59.2. The van der Waals surface area contributed by atoms with Gasteiger partial charge in [0.25, 0.3) is 11.8 Å². The minimum Gasteiger partial charge on any atom is -0.543 e. The first-order chi connectivity index (χ1) is 15.3. The van der Waals surface area contributed by atoms with E-state index < -0.39 is 35.2 Å². The summed E-state index contributed by atoms with van der Waals surface area (Å²) in [6.07, 6.45) is 1.27. The summed E-state index contributed by atoms with van der Waals surface area (Å²) < 4.78 is 4.82. The van der Waals surface area contributed by atoms with Crippen molar-refractivity contribution in [1.29, 1.82) is 0 Å². The predicted molar refractivity (Wildman–Crippen MR) is 114 cm³/mol. The molecule has 16 heteroatoms. The van der Waals surface area contributed by atoms with Gasteiger partial charge < -0.3 is 30.5 Å². The van der Waals surface area contributed by atoms with Gasteiger partial charge in [-0.25, -0.2) is 9.78 Å². The fourth-order valence-electron chi connectivity index (χ4n) is 3.14. The zero-order valence-electron chi connectivity index (χ0n) is 17.2. The molecule has 3 aliphatic heterocycles. The number of anilines is 1. The van der Waals surface area contributed by atoms with Gasteiger partial charge in [-0.3, -0.25) is 14.5 Å². The number of carbonyl (C=O) groups excluding carboxylic acids is 4. The number of nitrogen functional groups attached to an aromatic ring is 1. The number of nitrogens with two attached hydrogens (primary N) is 1. The molecule has 33 heavy (non-hydrogen) atoms. The van der Waals surface area contributed by atoms with Crippen LogP contribution < -0.4 is 45.7 Å². The van der Waals surface area contributed by atoms with Crippen molar-refractivity contribution in [3.8, 4) is 0 Å². The SMILES string of the molecule is CO/N=C(\C(=O)N[C@@H]1C(=O)N2C(C(=O)[O-])=C(SC3=CC(=O)OC3)CS[C@H]12)c1csc(N)n1.[Na+]. The number of carboxylic acid groups (broad SMARTS) is 1. The monoisotopic (exact) mass is 519 g/mol. The number of esters is 1. The van der Waals surface area contributed by atoms with Gasteiger partial charge in [-0.2, -0.15) is 0 Å². The molecule has 0 aromatic carbocycles. The van der Waals surface area contributed by atoms with E-state index in [1.54, 1.807) is 0 Å². The van der Waals surface area contributed by atoms with E-state index in [9.17, 15) is 24.3 Å². The summed E-state index contributed by atoms with van der Waals surface area (Å²) in [6, 6.07) is -0.984. The molecule has 4 rings (SSSR count). The van der Waals surface area contributed by atoms with Crippen LogP contribution in [0.3, 0.4) is 0 Å². The third-order valence-electron chi connectivity index (χ3n) is 4.47. The van der Waals surface area contributed by atoms with Gasteiger partial charge in [-0.05, 0) is 0 Å². The van der Waals surface area contributed by atoms with E-state index in [1.807, 2.05) is 0 Å². The van der Waals surface area contributed by atoms with Gasteiger partial charge in [0.05, 0.1) is 11.7 Å². The fraction of sp³-hybridized carbons (Fsp3) is 0.294. The van der Waals surface area contributed by atoms with Crippen molar-refractivity contribution in [3.63, 3.8) is 0 Å². The minimum atomic E-state index is -1.53. The van der Waals surface area contributed by atoms with Crippen LogP contribution in [0, 0.1) is 0 Å². The van der Waals surface area contributed by atoms with Crippen molar-refractivity contribution >= 4 is 69.5 Å². The molecule has 0 unspecified atom stereocenters. The second-order valence-electron chi connectivity index (χ2n) is 6.43. The number of β-lactam (4-membered cyclic amide) rings is 1. The number of fused-ring (bicyclic) bond motifs is 1. The van der Waals surface area contributed by atoms with Crippen molar-refractivity contribution < 1.29 is 63.4 Å². The van der Waals surface area contributed by atoms with E-state index in [-0.39, 0.29) is 64.2 Å². The molecule has 0 aliphatic carbocycles. The number of rotatable bonds is 7. The Morgan fingerprint density at radius 2 is 2.21 bits per heavy atom. The third-order valence-corrected chi connectivity index (χ3v) is 7.68. The van der Waals surface area contributed by atoms with Crippen LogP contribution in [0.5, 0.6) is 0 Å². The standard InChI is InChI=1S/C17H15N5O7S3.Na/c1-28-21-10(7-4-31-17(18)19-7)13(24)20-11-14(25)22-12(16(26)27)8(5-30-15(11)22)32-6-2-9(23)29-3-6;/h2,4,11,15H,3,5H2,1H3,(H2,18,19)(H,20,24)(H,26,27);/q;+1/p-1/b21-10-;/t11-,15-;/m1./s1. The van der Waals surface area contributed by atoms with Crippen LogP contribution >= 0.6 is 34.9 Å². The summed E-state index contributed by atoms with van der Waals surface area (Å²) in [5.74, 6) is -3.14. The second-order valence-corrected chi connectivity index (χ2v) is 9.65. The molecule has 0 saturated carbocycles. The van der Waals surface area contributed by atoms with Gasteiger partial charge in [-0.15, -0.1) is 23.1 Å². The number of nitrogens with one attached hydrogen (secondary N) is 1. The van der Waals surface area contributed by atoms with Crippen LogP contribution in [0.4, 0.5) is 5.13 Å². The first-order valence-corrected chi connectivity index (χ1v) is 11.6. The maximum atomic E-state index is 12.8. The average Bonchev–Trinajstić information content (AvgIpc) is 3.37. The molecule has 168 valence electrons. The smallest absolute Gasteiger partial charge is 0.543 e. The number of thiazole rings is 1. The molecule has 3 N–H and O–H groups in total. The van der Waals surface area contributed by atoms with E-state index in [4.69, 9.17) is 15.3 Å². The number of carbonyl (C=O) groups is 4. The van der Waals surface area contributed by atoms with Crippen LogP contribution in [-0.2, 0) is 28.8 Å². The van der Waals surface area contributed by atoms with Crippen LogP contribution in [0.2, 0.25) is 0 Å². The number of amides is 2. The van der Waals surface area contributed by atoms with Crippen LogP contribution in [-0.4, -0.2) is 70.2 Å². The Morgan fingerprint density at radius 1 is 1.45 bits per heavy atom. The molecular formula is C17H14N5NaO7S3. The van der Waals surface area contributed by atoms with Gasteiger partial charge in [0.2, 0.25) is 0 Å². The van der Waals surface area contributed by atoms with Gasteiger partial charge in [0.15, 0.2) is 10.8 Å². The number of aromatic nitrogens is 1. The Balaban J connectivity index is 0.00000306. The maximum Gasteiger partial charge on any atom is 1.00 e. The zero-order chi connectivity index (χ0) is 23.0. The largest absolute Gasteiger partial charge is 1.00 e. The molecule has 1 aromatic heterocycles. The number of carboxylic acids is 1. The van der Waals surface area contributed by atoms with Crippen molar-refractivity contribution in [3.05, 3.63) is 32.7 Å². The van der Waals surface area contributed by atoms with Crippen molar-refractivity contribution in [2.24, 2.45) is 5.16 Å². The van der Waals surface area contributed by atoms with E-state index >= 15 is 0 Å². The maximum absolute atomic E-state index is 12.8. The van der Waals surface area contributed by atoms with Crippen molar-refractivity contribution in [1.82, 2.24) is 15.2 Å². The Hall–Kier alpha value is -2.04. The normalized spacial score (nSPS) is 22.0. The van der Waals surface area contributed by atoms with E-state index in [0.717, 1.165) is 28.0 Å². The fourth-order valence-corrected chi connectivity index (χ4v) is 6.18. The second kappa shape index (κ2) is 10.5. The molecule has 1 saturated heterocycles. The quantitative estimate of drug-likeness (QED) is 0.117. The van der Waals surface area contributed by atoms with Gasteiger partial charge in [0.1, 0.15) is 30.8 Å². The summed E-state index contributed by atoms with van der Waals surface area (Å²) in [6.45, 7) is 0.0385. The molecule has 0 bridgehead atoms. The average molecular weight is 520 g/mol. The molecule has 4 heterocycles.